The lowest BCUT2D eigenvalue weighted by Gasteiger charge is -2.37. The third-order valence-electron chi connectivity index (χ3n) is 7.22. The summed E-state index contributed by atoms with van der Waals surface area (Å²) in [5, 5.41) is 29.6. The maximum Gasteiger partial charge on any atom is 0.426 e. The number of para-hydroxylation sites is 1. The number of fused-ring (bicyclic) bond motifs is 1. The van der Waals surface area contributed by atoms with Crippen LogP contribution in [-0.4, -0.2) is 83.4 Å². The molecule has 2 N–H and O–H groups in total. The van der Waals surface area contributed by atoms with Gasteiger partial charge in [0, 0.05) is 73.1 Å². The van der Waals surface area contributed by atoms with Gasteiger partial charge in [-0.3, -0.25) is 9.58 Å². The number of anilines is 1. The molecule has 10 nitrogen and oxygen atoms in total. The fraction of sp³-hybridized carbons (Fsp3) is 0.393. The number of carbonyl (C=O) groups excluding carboxylic acids is 1. The van der Waals surface area contributed by atoms with Crippen molar-refractivity contribution in [2.45, 2.75) is 25.6 Å². The summed E-state index contributed by atoms with van der Waals surface area (Å²) in [7, 11) is 1.54. The van der Waals surface area contributed by atoms with E-state index < -0.39 is 12.2 Å². The Bertz CT molecular complexity index is 1350. The van der Waals surface area contributed by atoms with Crippen LogP contribution in [0.1, 0.15) is 16.8 Å². The first-order valence-corrected chi connectivity index (χ1v) is 14.2. The summed E-state index contributed by atoms with van der Waals surface area (Å²) in [6, 6.07) is 18.2. The van der Waals surface area contributed by atoms with Crippen molar-refractivity contribution in [2.75, 3.05) is 51.2 Å². The second kappa shape index (κ2) is 12.3. The largest absolute Gasteiger partial charge is 0.426 e. The molecule has 11 heteroatoms. The lowest BCUT2D eigenvalue weighted by molar-refractivity contribution is -0.110. The molecule has 0 bridgehead atoms. The fourth-order valence-corrected chi connectivity index (χ4v) is 5.63. The molecule has 5 rings (SSSR count). The quantitative estimate of drug-likeness (QED) is 0.380. The number of hydroxylamine groups is 2. The molecule has 0 aliphatic carbocycles. The van der Waals surface area contributed by atoms with Gasteiger partial charge in [0.15, 0.2) is 0 Å². The summed E-state index contributed by atoms with van der Waals surface area (Å²) in [6.07, 6.45) is -0.419. The van der Waals surface area contributed by atoms with E-state index in [0.29, 0.717) is 38.2 Å². The van der Waals surface area contributed by atoms with E-state index in [-0.39, 0.29) is 0 Å². The minimum absolute atomic E-state index is 0.389. The third kappa shape index (κ3) is 6.36. The van der Waals surface area contributed by atoms with E-state index in [0.717, 1.165) is 58.0 Å². The molecule has 2 aromatic carbocycles. The second-order valence-electron chi connectivity index (χ2n) is 9.78. The van der Waals surface area contributed by atoms with Crippen LogP contribution in [0.3, 0.4) is 0 Å². The van der Waals surface area contributed by atoms with Gasteiger partial charge in [-0.2, -0.15) is 10.4 Å². The van der Waals surface area contributed by atoms with Crippen molar-refractivity contribution >= 4 is 34.4 Å². The van der Waals surface area contributed by atoms with Crippen LogP contribution in [-0.2, 0) is 24.3 Å². The number of piperazine rings is 1. The van der Waals surface area contributed by atoms with E-state index in [1.165, 1.54) is 0 Å². The average molecular weight is 642 g/mol. The molecule has 2 aliphatic heterocycles. The number of hydrogen-bond acceptors (Lipinski definition) is 8. The highest BCUT2D eigenvalue weighted by molar-refractivity contribution is 14.1. The molecule has 1 fully saturated rings. The summed E-state index contributed by atoms with van der Waals surface area (Å²) < 4.78 is 3.07. The van der Waals surface area contributed by atoms with E-state index >= 15 is 0 Å². The van der Waals surface area contributed by atoms with Crippen LogP contribution in [0, 0.1) is 14.9 Å². The number of aromatic nitrogens is 2. The number of nitrogens with one attached hydrogen (secondary N) is 1. The number of β-amino-alcohol motifs (C(OH)–C–C–N with tert-alkyl or cyclic N) is 1. The zero-order valence-corrected chi connectivity index (χ0v) is 24.0. The number of halogens is 1. The van der Waals surface area contributed by atoms with Gasteiger partial charge in [-0.05, 0) is 46.9 Å². The smallest absolute Gasteiger partial charge is 0.390 e. The zero-order valence-electron chi connectivity index (χ0n) is 21.9. The van der Waals surface area contributed by atoms with Crippen molar-refractivity contribution in [2.24, 2.45) is 0 Å². The van der Waals surface area contributed by atoms with Gasteiger partial charge in [0.25, 0.3) is 0 Å². The number of rotatable bonds is 7. The number of carbonyl (C=O) groups is 1. The molecule has 0 saturated carbocycles. The molecular weight excluding hydrogens is 609 g/mol. The van der Waals surface area contributed by atoms with E-state index in [9.17, 15) is 15.2 Å². The van der Waals surface area contributed by atoms with Crippen molar-refractivity contribution in [3.05, 3.63) is 68.9 Å². The van der Waals surface area contributed by atoms with Crippen LogP contribution in [0.15, 0.2) is 48.5 Å². The van der Waals surface area contributed by atoms with Crippen molar-refractivity contribution < 1.29 is 14.7 Å². The molecule has 1 atom stereocenters. The first kappa shape index (κ1) is 27.4. The molecule has 1 unspecified atom stereocenters. The Morgan fingerprint density at radius 2 is 1.87 bits per heavy atom. The Morgan fingerprint density at radius 1 is 1.13 bits per heavy atom. The van der Waals surface area contributed by atoms with Gasteiger partial charge in [-0.15, -0.1) is 5.06 Å². The van der Waals surface area contributed by atoms with Gasteiger partial charge in [0.05, 0.1) is 36.1 Å². The van der Waals surface area contributed by atoms with E-state index in [4.69, 9.17) is 9.94 Å². The highest BCUT2D eigenvalue weighted by Crippen LogP contribution is 2.31. The van der Waals surface area contributed by atoms with Crippen molar-refractivity contribution in [3.63, 3.8) is 0 Å². The number of amides is 1. The second-order valence-corrected chi connectivity index (χ2v) is 11.0. The molecule has 2 aliphatic rings. The van der Waals surface area contributed by atoms with Crippen molar-refractivity contribution in [1.82, 2.24) is 25.1 Å². The maximum absolute atomic E-state index is 11.8. The highest BCUT2D eigenvalue weighted by atomic mass is 127. The SMILES string of the molecule is CNC(=O)ON1CCc2c(c(-c3ccc(I)cc3)nn2CC(O)CN2CCN(c3ccccc3C#N)CC2)C1. The maximum atomic E-state index is 11.8. The number of benzene rings is 2. The fourth-order valence-electron chi connectivity index (χ4n) is 5.27. The van der Waals surface area contributed by atoms with Crippen LogP contribution < -0.4 is 10.2 Å². The molecule has 0 radical (unpaired) electrons. The Hall–Kier alpha value is -3.18. The summed E-state index contributed by atoms with van der Waals surface area (Å²) in [6.45, 7) is 5.17. The first-order valence-electron chi connectivity index (χ1n) is 13.1. The summed E-state index contributed by atoms with van der Waals surface area (Å²) in [5.74, 6) is 0. The van der Waals surface area contributed by atoms with Gasteiger partial charge >= 0.3 is 6.09 Å². The predicted octanol–water partition coefficient (Wildman–Crippen LogP) is 2.84. The van der Waals surface area contributed by atoms with E-state index in [1.54, 1.807) is 12.1 Å². The number of aliphatic hydroxyl groups excluding tert-OH is 1. The Balaban J connectivity index is 1.27. The molecule has 39 heavy (non-hydrogen) atoms. The number of aliphatic hydroxyl groups is 1. The van der Waals surface area contributed by atoms with Gasteiger partial charge in [-0.25, -0.2) is 4.79 Å². The van der Waals surface area contributed by atoms with E-state index in [2.05, 4.69) is 43.8 Å². The summed E-state index contributed by atoms with van der Waals surface area (Å²) in [4.78, 5) is 21.7. The Labute approximate surface area is 241 Å². The lowest BCUT2D eigenvalue weighted by Crippen LogP contribution is -2.49. The van der Waals surface area contributed by atoms with Crippen LogP contribution in [0.5, 0.6) is 0 Å². The van der Waals surface area contributed by atoms with Gasteiger partial charge in [-0.1, -0.05) is 24.3 Å². The van der Waals surface area contributed by atoms with Crippen molar-refractivity contribution in [3.8, 4) is 17.3 Å². The van der Waals surface area contributed by atoms with Crippen LogP contribution in [0.4, 0.5) is 10.5 Å². The summed E-state index contributed by atoms with van der Waals surface area (Å²) in [5.41, 5.74) is 5.60. The first-order chi connectivity index (χ1) is 18.9. The van der Waals surface area contributed by atoms with E-state index in [1.807, 2.05) is 53.2 Å². The molecule has 3 aromatic rings. The lowest BCUT2D eigenvalue weighted by atomic mass is 10.0. The van der Waals surface area contributed by atoms with Gasteiger partial charge in [0.2, 0.25) is 0 Å². The third-order valence-corrected chi connectivity index (χ3v) is 7.94. The normalized spacial score (nSPS) is 16.8. The minimum atomic E-state index is -0.586. The van der Waals surface area contributed by atoms with Crippen LogP contribution in [0.2, 0.25) is 0 Å². The molecule has 3 heterocycles. The van der Waals surface area contributed by atoms with Crippen molar-refractivity contribution in [1.29, 1.82) is 5.26 Å². The molecular formula is C28H32IN7O3. The number of nitriles is 1. The van der Waals surface area contributed by atoms with Gasteiger partial charge < -0.3 is 20.2 Å². The monoisotopic (exact) mass is 641 g/mol. The van der Waals surface area contributed by atoms with Gasteiger partial charge in [0.1, 0.15) is 6.07 Å². The topological polar surface area (TPSA) is 110 Å². The Kier molecular flexibility index (Phi) is 8.66. The molecule has 1 aromatic heterocycles. The molecule has 204 valence electrons. The zero-order chi connectivity index (χ0) is 27.4. The highest BCUT2D eigenvalue weighted by Gasteiger charge is 2.29. The minimum Gasteiger partial charge on any atom is -0.390 e. The number of nitrogens with zero attached hydrogens (tertiary/aromatic N) is 6. The standard InChI is InChI=1S/C28H32IN7O3/c1-31-28(38)39-35-11-10-26-24(19-35)27(20-6-8-22(29)9-7-20)32-36(26)18-23(37)17-33-12-14-34(15-13-33)25-5-3-2-4-21(25)16-30/h2-9,23,37H,10-15,17-19H2,1H3,(H,31,38). The summed E-state index contributed by atoms with van der Waals surface area (Å²) >= 11 is 2.28. The van der Waals surface area contributed by atoms with Crippen LogP contribution in [0.25, 0.3) is 11.3 Å². The van der Waals surface area contributed by atoms with Crippen LogP contribution >= 0.6 is 22.6 Å². The number of hydrogen-bond donors (Lipinski definition) is 2. The Morgan fingerprint density at radius 3 is 2.59 bits per heavy atom. The average Bonchev–Trinajstić information content (AvgIpc) is 3.30. The predicted molar refractivity (Wildman–Crippen MR) is 156 cm³/mol. The molecule has 1 saturated heterocycles. The molecule has 0 spiro atoms. The molecule has 1 amide bonds.